The Labute approximate surface area is 188 Å². The van der Waals surface area contributed by atoms with E-state index in [9.17, 15) is 26.8 Å². The Kier molecular flexibility index (Phi) is 7.13. The number of halogens is 3. The van der Waals surface area contributed by atoms with E-state index in [0.29, 0.717) is 4.47 Å². The topological polar surface area (TPSA) is 87.2 Å². The summed E-state index contributed by atoms with van der Waals surface area (Å²) in [5.74, 6) is -3.06. The van der Waals surface area contributed by atoms with E-state index in [1.807, 2.05) is 0 Å². The van der Waals surface area contributed by atoms with Gasteiger partial charge in [-0.3, -0.25) is 14.4 Å². The van der Waals surface area contributed by atoms with E-state index >= 15 is 0 Å². The molecule has 1 fully saturated rings. The molecule has 2 amide bonds. The van der Waals surface area contributed by atoms with Crippen molar-refractivity contribution in [2.45, 2.75) is 4.90 Å². The van der Waals surface area contributed by atoms with Crippen molar-refractivity contribution in [3.05, 3.63) is 64.2 Å². The molecule has 3 rings (SSSR count). The maximum atomic E-state index is 13.4. The third-order valence-corrected chi connectivity index (χ3v) is 7.23. The standard InChI is InChI=1S/C20H20ClF2N3O5S/c1-24(31-2)32(29,30)18-12-14(3-5-15(18)21)20(28)26-9-7-25(8-10-26)19(27)13-4-6-16(22)17(23)11-13/h3-6,11-12H,7-10H2,1-2H3. The average molecular weight is 488 g/mol. The van der Waals surface area contributed by atoms with Gasteiger partial charge >= 0.3 is 0 Å². The van der Waals surface area contributed by atoms with Crippen LogP contribution < -0.4 is 0 Å². The van der Waals surface area contributed by atoms with Gasteiger partial charge in [0, 0.05) is 44.4 Å². The van der Waals surface area contributed by atoms with Crippen LogP contribution >= 0.6 is 11.6 Å². The zero-order chi connectivity index (χ0) is 23.6. The highest BCUT2D eigenvalue weighted by atomic mass is 35.5. The van der Waals surface area contributed by atoms with Crippen LogP contribution in [0, 0.1) is 11.6 Å². The Hall–Kier alpha value is -2.60. The molecule has 8 nitrogen and oxygen atoms in total. The van der Waals surface area contributed by atoms with Crippen LogP contribution in [0.2, 0.25) is 5.02 Å². The summed E-state index contributed by atoms with van der Waals surface area (Å²) >= 11 is 6.02. The highest BCUT2D eigenvalue weighted by molar-refractivity contribution is 7.89. The van der Waals surface area contributed by atoms with Gasteiger partial charge in [-0.15, -0.1) is 0 Å². The molecule has 1 aliphatic heterocycles. The molecule has 1 aliphatic rings. The van der Waals surface area contributed by atoms with Crippen LogP contribution in [0.15, 0.2) is 41.3 Å². The van der Waals surface area contributed by atoms with E-state index in [0.717, 1.165) is 12.1 Å². The fourth-order valence-electron chi connectivity index (χ4n) is 3.18. The second kappa shape index (κ2) is 9.49. The van der Waals surface area contributed by atoms with Crippen molar-refractivity contribution in [2.24, 2.45) is 0 Å². The SMILES string of the molecule is CON(C)S(=O)(=O)c1cc(C(=O)N2CCN(C(=O)c3ccc(F)c(F)c3)CC2)ccc1Cl. The Morgan fingerprint density at radius 1 is 0.938 bits per heavy atom. The van der Waals surface area contributed by atoms with Gasteiger partial charge in [0.1, 0.15) is 4.90 Å². The largest absolute Gasteiger partial charge is 0.335 e. The number of hydroxylamine groups is 1. The van der Waals surface area contributed by atoms with Crippen LogP contribution in [-0.2, 0) is 14.9 Å². The first-order valence-electron chi connectivity index (χ1n) is 9.42. The van der Waals surface area contributed by atoms with Crippen LogP contribution in [-0.4, -0.2) is 74.8 Å². The number of hydrogen-bond donors (Lipinski definition) is 0. The van der Waals surface area contributed by atoms with E-state index in [4.69, 9.17) is 16.4 Å². The van der Waals surface area contributed by atoms with Crippen molar-refractivity contribution in [1.29, 1.82) is 0 Å². The lowest BCUT2D eigenvalue weighted by molar-refractivity contribution is -0.0258. The molecule has 1 heterocycles. The summed E-state index contributed by atoms with van der Waals surface area (Å²) in [6.07, 6.45) is 0. The average Bonchev–Trinajstić information content (AvgIpc) is 2.79. The fourth-order valence-corrected chi connectivity index (χ4v) is 4.65. The molecule has 172 valence electrons. The number of piperazine rings is 1. The van der Waals surface area contributed by atoms with Crippen LogP contribution in [0.3, 0.4) is 0 Å². The molecule has 0 aliphatic carbocycles. The maximum Gasteiger partial charge on any atom is 0.266 e. The fraction of sp³-hybridized carbons (Fsp3) is 0.300. The van der Waals surface area contributed by atoms with E-state index in [1.165, 1.54) is 48.2 Å². The second-order valence-corrected chi connectivity index (χ2v) is 9.27. The Bertz CT molecular complexity index is 1150. The monoisotopic (exact) mass is 487 g/mol. The van der Waals surface area contributed by atoms with E-state index in [1.54, 1.807) is 0 Å². The Balaban J connectivity index is 1.72. The molecule has 1 saturated heterocycles. The molecule has 2 aromatic rings. The predicted octanol–water partition coefficient (Wildman–Crippen LogP) is 2.40. The molecule has 2 aromatic carbocycles. The molecule has 0 saturated carbocycles. The van der Waals surface area contributed by atoms with Gasteiger partial charge < -0.3 is 9.80 Å². The molecule has 0 aromatic heterocycles. The summed E-state index contributed by atoms with van der Waals surface area (Å²) in [5, 5.41) is -0.0626. The number of amides is 2. The minimum atomic E-state index is -4.07. The van der Waals surface area contributed by atoms with Crippen LogP contribution in [0.1, 0.15) is 20.7 Å². The summed E-state index contributed by atoms with van der Waals surface area (Å²) in [6.45, 7) is 0.706. The summed E-state index contributed by atoms with van der Waals surface area (Å²) in [4.78, 5) is 32.8. The molecule has 32 heavy (non-hydrogen) atoms. The van der Waals surface area contributed by atoms with Crippen LogP contribution in [0.5, 0.6) is 0 Å². The number of benzene rings is 2. The number of rotatable bonds is 5. The number of nitrogens with zero attached hydrogens (tertiary/aromatic N) is 3. The zero-order valence-corrected chi connectivity index (χ0v) is 18.8. The number of hydrogen-bond acceptors (Lipinski definition) is 5. The maximum absolute atomic E-state index is 13.4. The number of carbonyl (C=O) groups is 2. The lowest BCUT2D eigenvalue weighted by atomic mass is 10.1. The van der Waals surface area contributed by atoms with Crippen molar-refractivity contribution in [3.8, 4) is 0 Å². The van der Waals surface area contributed by atoms with Crippen molar-refractivity contribution in [3.63, 3.8) is 0 Å². The molecular formula is C20H20ClF2N3O5S. The normalized spacial score (nSPS) is 14.7. The molecule has 0 radical (unpaired) electrons. The molecule has 0 bridgehead atoms. The highest BCUT2D eigenvalue weighted by Crippen LogP contribution is 2.26. The Morgan fingerprint density at radius 3 is 1.94 bits per heavy atom. The summed E-state index contributed by atoms with van der Waals surface area (Å²) < 4.78 is 52.2. The lowest BCUT2D eigenvalue weighted by Gasteiger charge is -2.35. The third kappa shape index (κ3) is 4.75. The lowest BCUT2D eigenvalue weighted by Crippen LogP contribution is -2.50. The van der Waals surface area contributed by atoms with Crippen molar-refractivity contribution in [2.75, 3.05) is 40.3 Å². The van der Waals surface area contributed by atoms with Gasteiger partial charge in [-0.25, -0.2) is 17.2 Å². The Morgan fingerprint density at radius 2 is 1.44 bits per heavy atom. The minimum Gasteiger partial charge on any atom is -0.335 e. The summed E-state index contributed by atoms with van der Waals surface area (Å²) in [7, 11) is -1.69. The second-order valence-electron chi connectivity index (χ2n) is 6.96. The van der Waals surface area contributed by atoms with Gasteiger partial charge in [-0.2, -0.15) is 0 Å². The molecule has 12 heteroatoms. The van der Waals surface area contributed by atoms with E-state index in [-0.39, 0.29) is 47.2 Å². The van der Waals surface area contributed by atoms with Gasteiger partial charge in [0.05, 0.1) is 12.1 Å². The molecule has 0 unspecified atom stereocenters. The van der Waals surface area contributed by atoms with E-state index < -0.39 is 33.5 Å². The number of sulfonamides is 1. The van der Waals surface area contributed by atoms with Gasteiger partial charge in [-0.05, 0) is 36.4 Å². The summed E-state index contributed by atoms with van der Waals surface area (Å²) in [6, 6.07) is 6.82. The van der Waals surface area contributed by atoms with Gasteiger partial charge in [0.15, 0.2) is 11.6 Å². The summed E-state index contributed by atoms with van der Waals surface area (Å²) in [5.41, 5.74) is 0.122. The van der Waals surface area contributed by atoms with Crippen molar-refractivity contribution < 1.29 is 31.6 Å². The van der Waals surface area contributed by atoms with Crippen LogP contribution in [0.25, 0.3) is 0 Å². The third-order valence-electron chi connectivity index (χ3n) is 5.07. The van der Waals surface area contributed by atoms with Gasteiger partial charge in [0.25, 0.3) is 21.8 Å². The molecule has 0 spiro atoms. The van der Waals surface area contributed by atoms with Crippen molar-refractivity contribution in [1.82, 2.24) is 14.3 Å². The minimum absolute atomic E-state index is 0.0125. The molecular weight excluding hydrogens is 468 g/mol. The first-order chi connectivity index (χ1) is 15.1. The van der Waals surface area contributed by atoms with E-state index in [2.05, 4.69) is 0 Å². The van der Waals surface area contributed by atoms with Crippen molar-refractivity contribution >= 4 is 33.4 Å². The van der Waals surface area contributed by atoms with Gasteiger partial charge in [0.2, 0.25) is 0 Å². The number of carbonyl (C=O) groups excluding carboxylic acids is 2. The predicted molar refractivity (Wildman–Crippen MR) is 112 cm³/mol. The quantitative estimate of drug-likeness (QED) is 0.604. The first kappa shape index (κ1) is 24.1. The smallest absolute Gasteiger partial charge is 0.266 e. The highest BCUT2D eigenvalue weighted by Gasteiger charge is 2.29. The zero-order valence-electron chi connectivity index (χ0n) is 17.2. The van der Waals surface area contributed by atoms with Crippen LogP contribution in [0.4, 0.5) is 8.78 Å². The molecule has 0 N–H and O–H groups in total. The first-order valence-corrected chi connectivity index (χ1v) is 11.2. The molecule has 0 atom stereocenters. The van der Waals surface area contributed by atoms with Gasteiger partial charge in [-0.1, -0.05) is 16.1 Å².